The Morgan fingerprint density at radius 3 is 2.03 bits per heavy atom. The van der Waals surface area contributed by atoms with Crippen molar-refractivity contribution in [2.24, 2.45) is 0 Å². The number of hydrogen-bond donors (Lipinski definition) is 4. The third-order valence-electron chi connectivity index (χ3n) is 6.04. The predicted octanol–water partition coefficient (Wildman–Crippen LogP) is 4.19. The van der Waals surface area contributed by atoms with Gasteiger partial charge in [-0.2, -0.15) is 0 Å². The highest BCUT2D eigenvalue weighted by atomic mass is 16.5. The van der Waals surface area contributed by atoms with Crippen LogP contribution < -0.4 is 16.3 Å². The number of hydroxylamine groups is 1. The molecule has 2 amide bonds. The average Bonchev–Trinajstić information content (AvgIpc) is 2.87. The zero-order valence-electron chi connectivity index (χ0n) is 19.4. The van der Waals surface area contributed by atoms with Crippen molar-refractivity contribution < 1.29 is 14.8 Å². The fourth-order valence-electron chi connectivity index (χ4n) is 4.30. The Labute approximate surface area is 194 Å². The summed E-state index contributed by atoms with van der Waals surface area (Å²) in [5.41, 5.74) is 10.4. The molecule has 7 nitrogen and oxygen atoms in total. The molecule has 33 heavy (non-hydrogen) atoms. The molecule has 1 unspecified atom stereocenters. The van der Waals surface area contributed by atoms with E-state index in [2.05, 4.69) is 66.9 Å². The normalized spacial score (nSPS) is 12.0. The molecule has 174 valence electrons. The molecule has 0 aliphatic carbocycles. The van der Waals surface area contributed by atoms with E-state index in [1.165, 1.54) is 40.6 Å². The monoisotopic (exact) mass is 448 g/mol. The summed E-state index contributed by atoms with van der Waals surface area (Å²) in [4.78, 5) is 26.3. The van der Waals surface area contributed by atoms with Crippen LogP contribution in [-0.4, -0.2) is 35.0 Å². The van der Waals surface area contributed by atoms with Crippen LogP contribution in [0.15, 0.2) is 60.7 Å². The van der Waals surface area contributed by atoms with Crippen LogP contribution in [0.1, 0.15) is 65.1 Å². The van der Waals surface area contributed by atoms with Crippen molar-refractivity contribution in [3.63, 3.8) is 0 Å². The molecular formula is C26H32N4O3. The number of amides is 2. The minimum Gasteiger partial charge on any atom is -0.297 e. The average molecular weight is 449 g/mol. The first-order chi connectivity index (χ1) is 16.0. The molecule has 0 fully saturated rings. The van der Waals surface area contributed by atoms with E-state index in [4.69, 9.17) is 5.21 Å². The zero-order valence-corrected chi connectivity index (χ0v) is 19.4. The van der Waals surface area contributed by atoms with E-state index in [0.717, 1.165) is 25.1 Å². The van der Waals surface area contributed by atoms with Gasteiger partial charge in [0, 0.05) is 23.7 Å². The maximum Gasteiger partial charge on any atom is 0.274 e. The molecule has 0 aromatic heterocycles. The van der Waals surface area contributed by atoms with Crippen LogP contribution in [0.2, 0.25) is 0 Å². The molecule has 0 saturated carbocycles. The second-order valence-corrected chi connectivity index (χ2v) is 7.83. The van der Waals surface area contributed by atoms with E-state index in [9.17, 15) is 9.59 Å². The number of hydrogen-bond acceptors (Lipinski definition) is 5. The maximum atomic E-state index is 12.4. The minimum atomic E-state index is -0.623. The molecule has 0 radical (unpaired) electrons. The molecule has 4 N–H and O–H groups in total. The molecule has 0 spiro atoms. The molecule has 0 aliphatic rings. The molecule has 7 heteroatoms. The molecule has 1 atom stereocenters. The Kier molecular flexibility index (Phi) is 8.54. The highest BCUT2D eigenvalue weighted by molar-refractivity contribution is 5.97. The summed E-state index contributed by atoms with van der Waals surface area (Å²) >= 11 is 0. The van der Waals surface area contributed by atoms with E-state index in [-0.39, 0.29) is 11.5 Å². The van der Waals surface area contributed by atoms with Gasteiger partial charge in [0.1, 0.15) is 0 Å². The Morgan fingerprint density at radius 1 is 0.848 bits per heavy atom. The van der Waals surface area contributed by atoms with Crippen molar-refractivity contribution in [2.75, 3.05) is 13.1 Å². The van der Waals surface area contributed by atoms with Gasteiger partial charge in [-0.3, -0.25) is 25.1 Å². The van der Waals surface area contributed by atoms with E-state index < -0.39 is 5.91 Å². The van der Waals surface area contributed by atoms with Crippen LogP contribution in [0.5, 0.6) is 0 Å². The molecule has 3 aromatic rings. The summed E-state index contributed by atoms with van der Waals surface area (Å²) in [6, 6.07) is 19.1. The van der Waals surface area contributed by atoms with Crippen LogP contribution >= 0.6 is 0 Å². The van der Waals surface area contributed by atoms with Crippen LogP contribution in [0.4, 0.5) is 0 Å². The third kappa shape index (κ3) is 5.57. The van der Waals surface area contributed by atoms with E-state index in [1.807, 2.05) is 6.07 Å². The van der Waals surface area contributed by atoms with E-state index >= 15 is 0 Å². The highest BCUT2D eigenvalue weighted by Crippen LogP contribution is 2.32. The summed E-state index contributed by atoms with van der Waals surface area (Å²) in [5, 5.41) is 11.1. The molecule has 3 rings (SSSR count). The number of rotatable bonds is 10. The molecule has 0 aliphatic heterocycles. The number of fused-ring (bicyclic) bond motifs is 1. The van der Waals surface area contributed by atoms with Crippen LogP contribution in [-0.2, 0) is 6.54 Å². The van der Waals surface area contributed by atoms with Crippen LogP contribution in [0, 0.1) is 0 Å². The SMILES string of the molecule is CCC(c1ccc(CNNC(=O)c2ccc(C(=O)NO)cc2)c2ccccc12)N(CC)CC. The van der Waals surface area contributed by atoms with Crippen molar-refractivity contribution in [1.29, 1.82) is 0 Å². The fourth-order valence-corrected chi connectivity index (χ4v) is 4.30. The van der Waals surface area contributed by atoms with Gasteiger partial charge in [0.2, 0.25) is 0 Å². The van der Waals surface area contributed by atoms with Crippen molar-refractivity contribution in [2.45, 2.75) is 39.8 Å². The summed E-state index contributed by atoms with van der Waals surface area (Å²) in [6.07, 6.45) is 1.04. The van der Waals surface area contributed by atoms with Gasteiger partial charge in [0.05, 0.1) is 0 Å². The third-order valence-corrected chi connectivity index (χ3v) is 6.04. The van der Waals surface area contributed by atoms with Crippen molar-refractivity contribution in [1.82, 2.24) is 21.2 Å². The standard InChI is InChI=1S/C26H32N4O3/c1-4-24(30(5-2)6-3)23-16-15-20(21-9-7-8-10-22(21)23)17-27-28-25(31)18-11-13-19(14-12-18)26(32)29-33/h7-16,24,27,33H,4-6,17H2,1-3H3,(H,28,31)(H,29,32). The number of nitrogens with one attached hydrogen (secondary N) is 3. The lowest BCUT2D eigenvalue weighted by molar-refractivity contribution is 0.0706. The lowest BCUT2D eigenvalue weighted by Crippen LogP contribution is -2.36. The van der Waals surface area contributed by atoms with Gasteiger partial charge in [-0.25, -0.2) is 10.9 Å². The Bertz CT molecular complexity index is 1090. The number of carbonyl (C=O) groups is 2. The highest BCUT2D eigenvalue weighted by Gasteiger charge is 2.19. The van der Waals surface area contributed by atoms with Gasteiger partial charge in [0.15, 0.2) is 0 Å². The van der Waals surface area contributed by atoms with Gasteiger partial charge in [-0.15, -0.1) is 0 Å². The van der Waals surface area contributed by atoms with Crippen LogP contribution in [0.3, 0.4) is 0 Å². The Morgan fingerprint density at radius 2 is 1.45 bits per heavy atom. The topological polar surface area (TPSA) is 93.7 Å². The molecule has 3 aromatic carbocycles. The fraction of sp³-hybridized carbons (Fsp3) is 0.308. The van der Waals surface area contributed by atoms with E-state index in [0.29, 0.717) is 18.2 Å². The first-order valence-corrected chi connectivity index (χ1v) is 11.4. The first-order valence-electron chi connectivity index (χ1n) is 11.4. The number of hydrazine groups is 1. The Hall–Kier alpha value is -3.26. The van der Waals surface area contributed by atoms with Gasteiger partial charge < -0.3 is 0 Å². The van der Waals surface area contributed by atoms with Crippen LogP contribution in [0.25, 0.3) is 10.8 Å². The smallest absolute Gasteiger partial charge is 0.274 e. The lowest BCUT2D eigenvalue weighted by atomic mass is 9.93. The predicted molar refractivity (Wildman–Crippen MR) is 130 cm³/mol. The summed E-state index contributed by atoms with van der Waals surface area (Å²) in [6.45, 7) is 9.11. The van der Waals surface area contributed by atoms with Crippen molar-refractivity contribution >= 4 is 22.6 Å². The van der Waals surface area contributed by atoms with Crippen molar-refractivity contribution in [3.05, 3.63) is 82.9 Å². The van der Waals surface area contributed by atoms with Gasteiger partial charge in [0.25, 0.3) is 11.8 Å². The second kappa shape index (κ2) is 11.6. The summed E-state index contributed by atoms with van der Waals surface area (Å²) < 4.78 is 0. The number of carbonyl (C=O) groups excluding carboxylic acids is 2. The van der Waals surface area contributed by atoms with Gasteiger partial charge >= 0.3 is 0 Å². The first kappa shape index (κ1) is 24.4. The lowest BCUT2D eigenvalue weighted by Gasteiger charge is -2.30. The van der Waals surface area contributed by atoms with Gasteiger partial charge in [-0.1, -0.05) is 57.2 Å². The minimum absolute atomic E-state index is 0.267. The largest absolute Gasteiger partial charge is 0.297 e. The molecule has 0 bridgehead atoms. The zero-order chi connectivity index (χ0) is 23.8. The summed E-state index contributed by atoms with van der Waals surface area (Å²) in [7, 11) is 0. The number of nitrogens with zero attached hydrogens (tertiary/aromatic N) is 1. The maximum absolute atomic E-state index is 12.4. The summed E-state index contributed by atoms with van der Waals surface area (Å²) in [5.74, 6) is -0.929. The molecule has 0 saturated heterocycles. The molecule has 0 heterocycles. The number of benzene rings is 3. The Balaban J connectivity index is 1.74. The quantitative estimate of drug-likeness (QED) is 0.276. The van der Waals surface area contributed by atoms with E-state index in [1.54, 1.807) is 5.48 Å². The van der Waals surface area contributed by atoms with Crippen molar-refractivity contribution in [3.8, 4) is 0 Å². The molecular weight excluding hydrogens is 416 g/mol. The second-order valence-electron chi connectivity index (χ2n) is 7.83. The van der Waals surface area contributed by atoms with Gasteiger partial charge in [-0.05, 0) is 65.7 Å².